The maximum atomic E-state index is 12.7. The van der Waals surface area contributed by atoms with Gasteiger partial charge in [-0.25, -0.2) is 0 Å². The van der Waals surface area contributed by atoms with Gasteiger partial charge in [-0.05, 0) is 62.9 Å². The fourth-order valence-electron chi connectivity index (χ4n) is 4.04. The molecule has 30 heavy (non-hydrogen) atoms. The Morgan fingerprint density at radius 1 is 1.30 bits per heavy atom. The monoisotopic (exact) mass is 403 g/mol. The van der Waals surface area contributed by atoms with Crippen LogP contribution in [0.1, 0.15) is 49.8 Å². The molecule has 0 aromatic heterocycles. The van der Waals surface area contributed by atoms with Crippen molar-refractivity contribution < 1.29 is 9.53 Å². The number of hydrogen-bond donors (Lipinski definition) is 1. The Morgan fingerprint density at radius 2 is 1.97 bits per heavy atom. The summed E-state index contributed by atoms with van der Waals surface area (Å²) in [7, 11) is 3.70. The van der Waals surface area contributed by atoms with E-state index in [2.05, 4.69) is 38.0 Å². The molecule has 0 spiro atoms. The average molecular weight is 404 g/mol. The highest BCUT2D eigenvalue weighted by Crippen LogP contribution is 2.45. The number of amides is 1. The fraction of sp³-hybridized carbons (Fsp3) is 0.360. The van der Waals surface area contributed by atoms with Crippen molar-refractivity contribution in [2.75, 3.05) is 24.4 Å². The molecule has 1 N–H and O–H groups in total. The SMILES string of the molecule is COc1cc2c(cc1/C=C(\C#N)C(=O)Nc1ccc(C)cc1)C(C)CC(C)(C)N2C. The second-order valence-corrected chi connectivity index (χ2v) is 8.62. The summed E-state index contributed by atoms with van der Waals surface area (Å²) >= 11 is 0. The molecule has 0 radical (unpaired) electrons. The minimum atomic E-state index is -0.438. The molecular formula is C25H29N3O2. The Morgan fingerprint density at radius 3 is 2.57 bits per heavy atom. The van der Waals surface area contributed by atoms with Crippen LogP contribution in [-0.2, 0) is 4.79 Å². The van der Waals surface area contributed by atoms with Crippen LogP contribution in [0.4, 0.5) is 11.4 Å². The van der Waals surface area contributed by atoms with Crippen LogP contribution in [0.5, 0.6) is 5.75 Å². The largest absolute Gasteiger partial charge is 0.496 e. The summed E-state index contributed by atoms with van der Waals surface area (Å²) in [5, 5.41) is 12.4. The summed E-state index contributed by atoms with van der Waals surface area (Å²) in [5.41, 5.74) is 4.88. The van der Waals surface area contributed by atoms with Gasteiger partial charge in [0, 0.05) is 35.6 Å². The molecule has 0 fully saturated rings. The minimum Gasteiger partial charge on any atom is -0.496 e. The van der Waals surface area contributed by atoms with Gasteiger partial charge in [0.15, 0.2) is 0 Å². The summed E-state index contributed by atoms with van der Waals surface area (Å²) in [6.45, 7) is 8.66. The molecule has 2 aromatic carbocycles. The number of benzene rings is 2. The first-order chi connectivity index (χ1) is 14.2. The van der Waals surface area contributed by atoms with Crippen LogP contribution in [-0.4, -0.2) is 25.6 Å². The number of carbonyl (C=O) groups is 1. The number of fused-ring (bicyclic) bond motifs is 1. The first-order valence-corrected chi connectivity index (χ1v) is 10.1. The van der Waals surface area contributed by atoms with Crippen LogP contribution in [0, 0.1) is 18.3 Å². The summed E-state index contributed by atoms with van der Waals surface area (Å²) in [5.74, 6) is 0.560. The van der Waals surface area contributed by atoms with Crippen molar-refractivity contribution >= 4 is 23.4 Å². The lowest BCUT2D eigenvalue weighted by Gasteiger charge is -2.45. The van der Waals surface area contributed by atoms with Crippen LogP contribution >= 0.6 is 0 Å². The Bertz CT molecular complexity index is 1030. The summed E-state index contributed by atoms with van der Waals surface area (Å²) in [4.78, 5) is 14.9. The predicted octanol–water partition coefficient (Wildman–Crippen LogP) is 5.27. The molecule has 3 rings (SSSR count). The van der Waals surface area contributed by atoms with Crippen molar-refractivity contribution in [3.63, 3.8) is 0 Å². The molecule has 1 unspecified atom stereocenters. The van der Waals surface area contributed by atoms with E-state index in [4.69, 9.17) is 4.74 Å². The lowest BCUT2D eigenvalue weighted by atomic mass is 9.80. The van der Waals surface area contributed by atoms with Crippen molar-refractivity contribution in [2.45, 2.75) is 45.6 Å². The highest BCUT2D eigenvalue weighted by atomic mass is 16.5. The normalized spacial score (nSPS) is 17.7. The highest BCUT2D eigenvalue weighted by molar-refractivity contribution is 6.09. The van der Waals surface area contributed by atoms with E-state index < -0.39 is 5.91 Å². The van der Waals surface area contributed by atoms with E-state index in [1.807, 2.05) is 49.4 Å². The first-order valence-electron chi connectivity index (χ1n) is 10.1. The zero-order chi connectivity index (χ0) is 22.1. The molecule has 0 aliphatic carbocycles. The number of carbonyl (C=O) groups excluding carboxylic acids is 1. The number of anilines is 2. The zero-order valence-electron chi connectivity index (χ0n) is 18.5. The van der Waals surface area contributed by atoms with Crippen LogP contribution in [0.15, 0.2) is 42.0 Å². The predicted molar refractivity (Wildman–Crippen MR) is 122 cm³/mol. The molecule has 2 aromatic rings. The van der Waals surface area contributed by atoms with Crippen LogP contribution in [0.3, 0.4) is 0 Å². The Labute approximate surface area is 179 Å². The van der Waals surface area contributed by atoms with Gasteiger partial charge < -0.3 is 15.0 Å². The second kappa shape index (κ2) is 8.23. The molecule has 1 atom stereocenters. The highest BCUT2D eigenvalue weighted by Gasteiger charge is 2.34. The average Bonchev–Trinajstić information content (AvgIpc) is 2.71. The van der Waals surface area contributed by atoms with Crippen LogP contribution < -0.4 is 15.0 Å². The molecule has 0 saturated heterocycles. The van der Waals surface area contributed by atoms with Crippen molar-refractivity contribution in [3.8, 4) is 11.8 Å². The van der Waals surface area contributed by atoms with Gasteiger partial charge in [0.1, 0.15) is 17.4 Å². The van der Waals surface area contributed by atoms with Gasteiger partial charge in [-0.15, -0.1) is 0 Å². The zero-order valence-corrected chi connectivity index (χ0v) is 18.5. The Hall–Kier alpha value is -3.26. The Kier molecular flexibility index (Phi) is 5.89. The van der Waals surface area contributed by atoms with E-state index >= 15 is 0 Å². The van der Waals surface area contributed by atoms with Gasteiger partial charge in [0.2, 0.25) is 0 Å². The molecule has 5 heteroatoms. The number of hydrogen-bond acceptors (Lipinski definition) is 4. The van der Waals surface area contributed by atoms with E-state index in [0.29, 0.717) is 17.4 Å². The molecule has 1 aliphatic heterocycles. The molecular weight excluding hydrogens is 374 g/mol. The van der Waals surface area contributed by atoms with Crippen molar-refractivity contribution in [3.05, 3.63) is 58.7 Å². The molecule has 0 bridgehead atoms. The Balaban J connectivity index is 1.98. The number of aryl methyl sites for hydroxylation is 1. The van der Waals surface area contributed by atoms with E-state index in [1.54, 1.807) is 13.2 Å². The standard InChI is InChI=1S/C25H29N3O2/c1-16-7-9-20(10-8-16)27-24(29)19(15-26)11-18-12-21-17(2)14-25(3,4)28(5)22(21)13-23(18)30-6/h7-13,17H,14H2,1-6H3,(H,27,29)/b19-11+. The van der Waals surface area contributed by atoms with Gasteiger partial charge >= 0.3 is 0 Å². The van der Waals surface area contributed by atoms with Gasteiger partial charge in [-0.3, -0.25) is 4.79 Å². The quantitative estimate of drug-likeness (QED) is 0.558. The third-order valence-electron chi connectivity index (χ3n) is 5.96. The van der Waals surface area contributed by atoms with E-state index in [9.17, 15) is 10.1 Å². The summed E-state index contributed by atoms with van der Waals surface area (Å²) in [6.07, 6.45) is 2.63. The molecule has 1 aliphatic rings. The molecule has 1 amide bonds. The number of nitriles is 1. The lowest BCUT2D eigenvalue weighted by Crippen LogP contribution is -2.45. The second-order valence-electron chi connectivity index (χ2n) is 8.62. The van der Waals surface area contributed by atoms with Crippen LogP contribution in [0.2, 0.25) is 0 Å². The first kappa shape index (κ1) is 21.4. The number of nitrogens with one attached hydrogen (secondary N) is 1. The summed E-state index contributed by atoms with van der Waals surface area (Å²) < 4.78 is 5.61. The third kappa shape index (κ3) is 4.18. The summed E-state index contributed by atoms with van der Waals surface area (Å²) in [6, 6.07) is 13.5. The van der Waals surface area contributed by atoms with Crippen molar-refractivity contribution in [2.24, 2.45) is 0 Å². The maximum Gasteiger partial charge on any atom is 0.266 e. The number of ether oxygens (including phenoxy) is 1. The van der Waals surface area contributed by atoms with Gasteiger partial charge in [0.05, 0.1) is 7.11 Å². The van der Waals surface area contributed by atoms with Gasteiger partial charge in [-0.1, -0.05) is 24.6 Å². The third-order valence-corrected chi connectivity index (χ3v) is 5.96. The van der Waals surface area contributed by atoms with Crippen molar-refractivity contribution in [1.82, 2.24) is 0 Å². The van der Waals surface area contributed by atoms with Crippen molar-refractivity contribution in [1.29, 1.82) is 5.26 Å². The maximum absolute atomic E-state index is 12.7. The molecule has 5 nitrogen and oxygen atoms in total. The molecule has 0 saturated carbocycles. The van der Waals surface area contributed by atoms with Gasteiger partial charge in [-0.2, -0.15) is 5.26 Å². The van der Waals surface area contributed by atoms with E-state index in [-0.39, 0.29) is 11.1 Å². The topological polar surface area (TPSA) is 65.4 Å². The fourth-order valence-corrected chi connectivity index (χ4v) is 4.04. The smallest absolute Gasteiger partial charge is 0.266 e. The lowest BCUT2D eigenvalue weighted by molar-refractivity contribution is -0.112. The minimum absolute atomic E-state index is 0.0333. The molecule has 156 valence electrons. The van der Waals surface area contributed by atoms with E-state index in [0.717, 1.165) is 23.2 Å². The van der Waals surface area contributed by atoms with Gasteiger partial charge in [0.25, 0.3) is 5.91 Å². The number of methoxy groups -OCH3 is 1. The molecule has 1 heterocycles. The van der Waals surface area contributed by atoms with E-state index in [1.165, 1.54) is 5.56 Å². The number of rotatable bonds is 4. The van der Waals surface area contributed by atoms with Crippen LogP contribution in [0.25, 0.3) is 6.08 Å². The number of nitrogens with zero attached hydrogens (tertiary/aromatic N) is 2.